The van der Waals surface area contributed by atoms with Gasteiger partial charge < -0.3 is 10.8 Å². The predicted octanol–water partition coefficient (Wildman–Crippen LogP) is 2.43. The van der Waals surface area contributed by atoms with Crippen molar-refractivity contribution in [2.24, 2.45) is 5.73 Å². The summed E-state index contributed by atoms with van der Waals surface area (Å²) in [6.45, 7) is 0.498. The van der Waals surface area contributed by atoms with Crippen LogP contribution in [0.4, 0.5) is 0 Å². The average Bonchev–Trinajstić information content (AvgIpc) is 2.88. The third kappa shape index (κ3) is 2.15. The van der Waals surface area contributed by atoms with Gasteiger partial charge in [-0.2, -0.15) is 0 Å². The Kier molecular flexibility index (Phi) is 3.60. The first kappa shape index (κ1) is 13.3. The first-order valence-electron chi connectivity index (χ1n) is 7.27. The molecule has 3 rings (SSSR count). The number of benzene rings is 2. The lowest BCUT2D eigenvalue weighted by Crippen LogP contribution is -2.45. The van der Waals surface area contributed by atoms with Crippen LogP contribution < -0.4 is 5.73 Å². The normalized spacial score (nSPS) is 22.5. The molecule has 1 aliphatic rings. The summed E-state index contributed by atoms with van der Waals surface area (Å²) >= 11 is 0. The van der Waals surface area contributed by atoms with Crippen molar-refractivity contribution in [3.8, 4) is 0 Å². The second kappa shape index (κ2) is 5.39. The molecule has 0 bridgehead atoms. The van der Waals surface area contributed by atoms with Gasteiger partial charge in [-0.05, 0) is 36.0 Å². The Hall–Kier alpha value is -1.64. The molecule has 0 heterocycles. The number of hydrogen-bond acceptors (Lipinski definition) is 2. The highest BCUT2D eigenvalue weighted by Crippen LogP contribution is 2.41. The average molecular weight is 267 g/mol. The maximum Gasteiger partial charge on any atom is 0.0689 e. The van der Waals surface area contributed by atoms with E-state index in [0.29, 0.717) is 13.0 Å². The summed E-state index contributed by atoms with van der Waals surface area (Å²) in [6, 6.07) is 18.5. The van der Waals surface area contributed by atoms with Crippen LogP contribution in [0.5, 0.6) is 0 Å². The summed E-state index contributed by atoms with van der Waals surface area (Å²) in [5, 5.41) is 10.8. The van der Waals surface area contributed by atoms with Gasteiger partial charge in [-0.3, -0.25) is 0 Å². The van der Waals surface area contributed by atoms with Crippen LogP contribution in [0.1, 0.15) is 23.1 Å². The van der Waals surface area contributed by atoms with Gasteiger partial charge in [-0.15, -0.1) is 0 Å². The summed E-state index contributed by atoms with van der Waals surface area (Å²) in [6.07, 6.45) is 2.18. The van der Waals surface area contributed by atoms with E-state index in [1.807, 2.05) is 24.3 Å². The van der Waals surface area contributed by atoms with E-state index in [2.05, 4.69) is 30.3 Å². The number of aliphatic hydroxyl groups is 1. The van der Waals surface area contributed by atoms with Crippen molar-refractivity contribution in [2.75, 3.05) is 6.54 Å². The molecule has 2 atom stereocenters. The Morgan fingerprint density at radius 3 is 2.50 bits per heavy atom. The summed E-state index contributed by atoms with van der Waals surface area (Å²) in [5.74, 6) is 0. The molecule has 2 aromatic rings. The van der Waals surface area contributed by atoms with Crippen molar-refractivity contribution < 1.29 is 5.11 Å². The van der Waals surface area contributed by atoms with Gasteiger partial charge in [0.05, 0.1) is 6.10 Å². The first-order chi connectivity index (χ1) is 9.76. The van der Waals surface area contributed by atoms with Gasteiger partial charge in [0, 0.05) is 12.0 Å². The molecule has 0 aromatic heterocycles. The lowest BCUT2D eigenvalue weighted by Gasteiger charge is -2.34. The molecule has 20 heavy (non-hydrogen) atoms. The van der Waals surface area contributed by atoms with Gasteiger partial charge in [-0.1, -0.05) is 54.6 Å². The quantitative estimate of drug-likeness (QED) is 0.893. The van der Waals surface area contributed by atoms with E-state index in [1.54, 1.807) is 0 Å². The van der Waals surface area contributed by atoms with E-state index in [1.165, 1.54) is 11.1 Å². The van der Waals surface area contributed by atoms with Gasteiger partial charge >= 0.3 is 0 Å². The molecule has 1 aliphatic carbocycles. The number of hydrogen-bond donors (Lipinski definition) is 2. The van der Waals surface area contributed by atoms with E-state index < -0.39 is 6.10 Å². The zero-order valence-electron chi connectivity index (χ0n) is 11.6. The van der Waals surface area contributed by atoms with Crippen LogP contribution in [0.15, 0.2) is 54.6 Å². The van der Waals surface area contributed by atoms with E-state index in [4.69, 9.17) is 5.73 Å². The Morgan fingerprint density at radius 2 is 1.75 bits per heavy atom. The summed E-state index contributed by atoms with van der Waals surface area (Å²) in [5.41, 5.74) is 9.54. The number of aryl methyl sites for hydroxylation is 1. The van der Waals surface area contributed by atoms with Crippen molar-refractivity contribution in [2.45, 2.75) is 30.8 Å². The van der Waals surface area contributed by atoms with E-state index >= 15 is 0 Å². The number of nitrogens with two attached hydrogens (primary N) is 1. The molecule has 2 heteroatoms. The van der Waals surface area contributed by atoms with Crippen LogP contribution >= 0.6 is 0 Å². The Bertz CT molecular complexity index is 581. The minimum absolute atomic E-state index is 0.285. The molecule has 0 radical (unpaired) electrons. The standard InChI is InChI=1S/C18H21NO/c19-13-18(11-10-15-8-4-5-9-16(15)18)17(20)12-14-6-2-1-3-7-14/h1-9,17,20H,10-13,19H2. The fourth-order valence-corrected chi connectivity index (χ4v) is 3.44. The zero-order chi connectivity index (χ0) is 14.0. The van der Waals surface area contributed by atoms with Gasteiger partial charge in [0.1, 0.15) is 0 Å². The zero-order valence-corrected chi connectivity index (χ0v) is 11.6. The van der Waals surface area contributed by atoms with Crippen LogP contribution in [0.3, 0.4) is 0 Å². The lowest BCUT2D eigenvalue weighted by molar-refractivity contribution is 0.0843. The second-order valence-electron chi connectivity index (χ2n) is 5.72. The minimum atomic E-state index is -0.432. The van der Waals surface area contributed by atoms with Crippen LogP contribution in [0, 0.1) is 0 Å². The van der Waals surface area contributed by atoms with E-state index in [-0.39, 0.29) is 5.41 Å². The third-order valence-electron chi connectivity index (χ3n) is 4.67. The molecule has 2 unspecified atom stereocenters. The molecule has 0 saturated carbocycles. The fraction of sp³-hybridized carbons (Fsp3) is 0.333. The fourth-order valence-electron chi connectivity index (χ4n) is 3.44. The maximum absolute atomic E-state index is 10.8. The minimum Gasteiger partial charge on any atom is -0.392 e. The Labute approximate surface area is 120 Å². The first-order valence-corrected chi connectivity index (χ1v) is 7.27. The van der Waals surface area contributed by atoms with Gasteiger partial charge in [0.15, 0.2) is 0 Å². The monoisotopic (exact) mass is 267 g/mol. The molecule has 0 spiro atoms. The van der Waals surface area contributed by atoms with Crippen LogP contribution in [0.25, 0.3) is 0 Å². The molecule has 3 N–H and O–H groups in total. The smallest absolute Gasteiger partial charge is 0.0689 e. The molecule has 0 saturated heterocycles. The second-order valence-corrected chi connectivity index (χ2v) is 5.72. The Balaban J connectivity index is 1.91. The van der Waals surface area contributed by atoms with Crippen LogP contribution in [-0.2, 0) is 18.3 Å². The van der Waals surface area contributed by atoms with Gasteiger partial charge in [0.25, 0.3) is 0 Å². The SMILES string of the molecule is NCC1(C(O)Cc2ccccc2)CCc2ccccc21. The van der Waals surface area contributed by atoms with Crippen molar-refractivity contribution >= 4 is 0 Å². The summed E-state index contributed by atoms with van der Waals surface area (Å²) < 4.78 is 0. The number of rotatable bonds is 4. The molecule has 104 valence electrons. The topological polar surface area (TPSA) is 46.2 Å². The maximum atomic E-state index is 10.8. The number of aliphatic hydroxyl groups excluding tert-OH is 1. The predicted molar refractivity (Wildman–Crippen MR) is 81.6 cm³/mol. The summed E-state index contributed by atoms with van der Waals surface area (Å²) in [7, 11) is 0. The third-order valence-corrected chi connectivity index (χ3v) is 4.67. The van der Waals surface area contributed by atoms with Crippen molar-refractivity contribution in [1.82, 2.24) is 0 Å². The molecular weight excluding hydrogens is 246 g/mol. The van der Waals surface area contributed by atoms with Crippen LogP contribution in [0.2, 0.25) is 0 Å². The highest BCUT2D eigenvalue weighted by Gasteiger charge is 2.43. The molecule has 0 fully saturated rings. The molecule has 0 amide bonds. The molecular formula is C18H21NO. The highest BCUT2D eigenvalue weighted by molar-refractivity contribution is 5.41. The van der Waals surface area contributed by atoms with Gasteiger partial charge in [0.2, 0.25) is 0 Å². The van der Waals surface area contributed by atoms with Crippen molar-refractivity contribution in [3.05, 3.63) is 71.3 Å². The van der Waals surface area contributed by atoms with Gasteiger partial charge in [-0.25, -0.2) is 0 Å². The highest BCUT2D eigenvalue weighted by atomic mass is 16.3. The molecule has 2 nitrogen and oxygen atoms in total. The Morgan fingerprint density at radius 1 is 1.05 bits per heavy atom. The van der Waals surface area contributed by atoms with E-state index in [9.17, 15) is 5.11 Å². The number of fused-ring (bicyclic) bond motifs is 1. The molecule has 0 aliphatic heterocycles. The largest absolute Gasteiger partial charge is 0.392 e. The molecule has 2 aromatic carbocycles. The van der Waals surface area contributed by atoms with E-state index in [0.717, 1.165) is 18.4 Å². The van der Waals surface area contributed by atoms with Crippen LogP contribution in [-0.4, -0.2) is 17.8 Å². The lowest BCUT2D eigenvalue weighted by atomic mass is 9.74. The van der Waals surface area contributed by atoms with Crippen molar-refractivity contribution in [1.29, 1.82) is 0 Å². The summed E-state index contributed by atoms with van der Waals surface area (Å²) in [4.78, 5) is 0. The van der Waals surface area contributed by atoms with Crippen molar-refractivity contribution in [3.63, 3.8) is 0 Å².